The number of nitrogens with two attached hydrogens (primary N) is 1. The van der Waals surface area contributed by atoms with E-state index in [1.165, 1.54) is 17.7 Å². The van der Waals surface area contributed by atoms with Gasteiger partial charge in [-0.1, -0.05) is 0 Å². The topological polar surface area (TPSA) is 47.3 Å². The van der Waals surface area contributed by atoms with Crippen molar-refractivity contribution in [3.63, 3.8) is 0 Å². The van der Waals surface area contributed by atoms with Gasteiger partial charge in [0.1, 0.15) is 11.6 Å². The van der Waals surface area contributed by atoms with E-state index >= 15 is 0 Å². The smallest absolute Gasteiger partial charge is 0.125 e. The van der Waals surface area contributed by atoms with Gasteiger partial charge in [-0.2, -0.15) is 0 Å². The van der Waals surface area contributed by atoms with E-state index in [9.17, 15) is 4.39 Å². The van der Waals surface area contributed by atoms with Crippen molar-refractivity contribution in [1.82, 2.24) is 0 Å². The monoisotopic (exact) mass is 244 g/mol. The van der Waals surface area contributed by atoms with Crippen molar-refractivity contribution in [2.24, 2.45) is 0 Å². The Bertz CT molecular complexity index is 598. The summed E-state index contributed by atoms with van der Waals surface area (Å²) in [6.07, 6.45) is 0.920. The van der Waals surface area contributed by atoms with Gasteiger partial charge in [0.2, 0.25) is 0 Å². The van der Waals surface area contributed by atoms with Crippen molar-refractivity contribution in [2.75, 3.05) is 17.7 Å². The lowest BCUT2D eigenvalue weighted by molar-refractivity contribution is 0.357. The Morgan fingerprint density at radius 2 is 2.06 bits per heavy atom. The number of ether oxygens (including phenoxy) is 1. The molecule has 0 radical (unpaired) electrons. The van der Waals surface area contributed by atoms with E-state index in [0.717, 1.165) is 24.5 Å². The average molecular weight is 244 g/mol. The predicted octanol–water partition coefficient (Wildman–Crippen LogP) is 3.09. The van der Waals surface area contributed by atoms with Crippen molar-refractivity contribution in [3.8, 4) is 5.75 Å². The van der Waals surface area contributed by atoms with Gasteiger partial charge in [-0.25, -0.2) is 4.39 Å². The number of fused-ring (bicyclic) bond motifs is 1. The van der Waals surface area contributed by atoms with Crippen LogP contribution < -0.4 is 15.8 Å². The lowest BCUT2D eigenvalue weighted by Crippen LogP contribution is -1.97. The minimum Gasteiger partial charge on any atom is -0.493 e. The SMILES string of the molecule is Nc1cc(F)ccc1Nc1ccc2c(c1)CCO2. The number of benzene rings is 2. The minimum absolute atomic E-state index is 0.333. The maximum absolute atomic E-state index is 12.9. The van der Waals surface area contributed by atoms with Crippen molar-refractivity contribution in [1.29, 1.82) is 0 Å². The molecule has 2 aromatic rings. The summed E-state index contributed by atoms with van der Waals surface area (Å²) >= 11 is 0. The number of nitrogens with one attached hydrogen (secondary N) is 1. The minimum atomic E-state index is -0.333. The Labute approximate surface area is 104 Å². The fourth-order valence-electron chi connectivity index (χ4n) is 2.07. The van der Waals surface area contributed by atoms with Crippen LogP contribution in [0.2, 0.25) is 0 Å². The Morgan fingerprint density at radius 3 is 2.89 bits per heavy atom. The average Bonchev–Trinajstić information content (AvgIpc) is 2.80. The predicted molar refractivity (Wildman–Crippen MR) is 69.7 cm³/mol. The molecule has 1 aliphatic heterocycles. The first-order chi connectivity index (χ1) is 8.72. The lowest BCUT2D eigenvalue weighted by atomic mass is 10.1. The van der Waals surface area contributed by atoms with E-state index in [0.29, 0.717) is 11.4 Å². The Kier molecular flexibility index (Phi) is 2.55. The van der Waals surface area contributed by atoms with Crippen LogP contribution >= 0.6 is 0 Å². The van der Waals surface area contributed by atoms with Crippen molar-refractivity contribution in [2.45, 2.75) is 6.42 Å². The molecule has 4 heteroatoms. The van der Waals surface area contributed by atoms with E-state index < -0.39 is 0 Å². The molecule has 1 heterocycles. The molecule has 0 unspecified atom stereocenters. The fraction of sp³-hybridized carbons (Fsp3) is 0.143. The molecule has 2 aromatic carbocycles. The summed E-state index contributed by atoms with van der Waals surface area (Å²) in [5.41, 5.74) is 8.96. The first kappa shape index (κ1) is 10.9. The van der Waals surface area contributed by atoms with Crippen molar-refractivity contribution < 1.29 is 9.13 Å². The van der Waals surface area contributed by atoms with E-state index in [1.54, 1.807) is 6.07 Å². The number of hydrogen-bond donors (Lipinski definition) is 2. The van der Waals surface area contributed by atoms with Gasteiger partial charge in [0.25, 0.3) is 0 Å². The van der Waals surface area contributed by atoms with Crippen LogP contribution in [0.25, 0.3) is 0 Å². The Hall–Kier alpha value is -2.23. The molecule has 0 aromatic heterocycles. The largest absolute Gasteiger partial charge is 0.493 e. The highest BCUT2D eigenvalue weighted by Crippen LogP contribution is 2.30. The molecular formula is C14H13FN2O. The third kappa shape index (κ3) is 1.97. The quantitative estimate of drug-likeness (QED) is 0.798. The standard InChI is InChI=1S/C14H13FN2O/c15-10-1-3-13(12(16)8-10)17-11-2-4-14-9(7-11)5-6-18-14/h1-4,7-8,17H,5-6,16H2. The molecule has 0 amide bonds. The Balaban J connectivity index is 1.88. The summed E-state index contributed by atoms with van der Waals surface area (Å²) in [5.74, 6) is 0.605. The first-order valence-electron chi connectivity index (χ1n) is 5.80. The van der Waals surface area contributed by atoms with Gasteiger partial charge in [0, 0.05) is 12.1 Å². The van der Waals surface area contributed by atoms with Gasteiger partial charge < -0.3 is 15.8 Å². The summed E-state index contributed by atoms with van der Waals surface area (Å²) < 4.78 is 18.4. The van der Waals surface area contributed by atoms with E-state index in [2.05, 4.69) is 5.32 Å². The number of hydrogen-bond acceptors (Lipinski definition) is 3. The molecule has 3 rings (SSSR count). The normalized spacial score (nSPS) is 12.9. The van der Waals surface area contributed by atoms with Crippen LogP contribution in [0, 0.1) is 5.82 Å². The van der Waals surface area contributed by atoms with Gasteiger partial charge in [-0.05, 0) is 42.0 Å². The molecular weight excluding hydrogens is 231 g/mol. The molecule has 0 bridgehead atoms. The zero-order valence-corrected chi connectivity index (χ0v) is 9.74. The van der Waals surface area contributed by atoms with E-state index in [4.69, 9.17) is 10.5 Å². The molecule has 3 N–H and O–H groups in total. The molecule has 0 saturated heterocycles. The first-order valence-corrected chi connectivity index (χ1v) is 5.80. The second-order valence-corrected chi connectivity index (χ2v) is 4.28. The Morgan fingerprint density at radius 1 is 1.17 bits per heavy atom. The molecule has 0 aliphatic carbocycles. The highest BCUT2D eigenvalue weighted by atomic mass is 19.1. The van der Waals surface area contributed by atoms with E-state index in [1.807, 2.05) is 18.2 Å². The molecule has 18 heavy (non-hydrogen) atoms. The molecule has 0 spiro atoms. The highest BCUT2D eigenvalue weighted by molar-refractivity contribution is 5.73. The number of halogens is 1. The maximum atomic E-state index is 12.9. The summed E-state index contributed by atoms with van der Waals surface area (Å²) in [4.78, 5) is 0. The summed E-state index contributed by atoms with van der Waals surface area (Å²) in [6.45, 7) is 0.734. The number of nitrogen functional groups attached to an aromatic ring is 1. The van der Waals surface area contributed by atoms with Gasteiger partial charge in [-0.15, -0.1) is 0 Å². The van der Waals surface area contributed by atoms with Crippen LogP contribution in [-0.4, -0.2) is 6.61 Å². The van der Waals surface area contributed by atoms with Crippen molar-refractivity contribution >= 4 is 17.1 Å². The van der Waals surface area contributed by atoms with Gasteiger partial charge in [0.15, 0.2) is 0 Å². The van der Waals surface area contributed by atoms with Crippen LogP contribution in [0.3, 0.4) is 0 Å². The van der Waals surface area contributed by atoms with Gasteiger partial charge in [-0.3, -0.25) is 0 Å². The summed E-state index contributed by atoms with van der Waals surface area (Å²) in [5, 5.41) is 3.18. The van der Waals surface area contributed by atoms with Crippen LogP contribution in [0.4, 0.5) is 21.5 Å². The third-order valence-corrected chi connectivity index (χ3v) is 2.98. The van der Waals surface area contributed by atoms with E-state index in [-0.39, 0.29) is 5.82 Å². The molecule has 3 nitrogen and oxygen atoms in total. The summed E-state index contributed by atoms with van der Waals surface area (Å²) in [7, 11) is 0. The molecule has 0 atom stereocenters. The van der Waals surface area contributed by atoms with Crippen LogP contribution in [0.15, 0.2) is 36.4 Å². The summed E-state index contributed by atoms with van der Waals surface area (Å²) in [6, 6.07) is 10.2. The molecule has 1 aliphatic rings. The number of anilines is 3. The second-order valence-electron chi connectivity index (χ2n) is 4.28. The van der Waals surface area contributed by atoms with Crippen molar-refractivity contribution in [3.05, 3.63) is 47.8 Å². The maximum Gasteiger partial charge on any atom is 0.125 e. The molecule has 92 valence electrons. The second kappa shape index (κ2) is 4.22. The third-order valence-electron chi connectivity index (χ3n) is 2.98. The number of rotatable bonds is 2. The fourth-order valence-corrected chi connectivity index (χ4v) is 2.07. The van der Waals surface area contributed by atoms with Crippen LogP contribution in [0.1, 0.15) is 5.56 Å². The van der Waals surface area contributed by atoms with Crippen LogP contribution in [-0.2, 0) is 6.42 Å². The highest BCUT2D eigenvalue weighted by Gasteiger charge is 2.12. The molecule has 0 saturated carbocycles. The molecule has 0 fully saturated rings. The lowest BCUT2D eigenvalue weighted by Gasteiger charge is -2.10. The van der Waals surface area contributed by atoms with Gasteiger partial charge >= 0.3 is 0 Å². The van der Waals surface area contributed by atoms with Crippen LogP contribution in [0.5, 0.6) is 5.75 Å². The zero-order valence-electron chi connectivity index (χ0n) is 9.74. The zero-order chi connectivity index (χ0) is 12.5. The van der Waals surface area contributed by atoms with Gasteiger partial charge in [0.05, 0.1) is 18.0 Å².